The van der Waals surface area contributed by atoms with E-state index in [1.165, 1.54) is 0 Å². The lowest BCUT2D eigenvalue weighted by Gasteiger charge is -2.47. The van der Waals surface area contributed by atoms with Crippen molar-refractivity contribution in [3.8, 4) is 0 Å². The van der Waals surface area contributed by atoms with E-state index < -0.39 is 46.5 Å². The summed E-state index contributed by atoms with van der Waals surface area (Å²) in [6, 6.07) is 3.77. The summed E-state index contributed by atoms with van der Waals surface area (Å²) < 4.78 is 37.6. The van der Waals surface area contributed by atoms with Crippen LogP contribution in [0, 0.1) is 0 Å². The normalized spacial score (nSPS) is 21.1. The van der Waals surface area contributed by atoms with E-state index in [0.29, 0.717) is 5.39 Å². The molecule has 2 aromatic rings. The molecular formula is C17H16N4O8S2. The zero-order valence-electron chi connectivity index (χ0n) is 15.9. The van der Waals surface area contributed by atoms with Gasteiger partial charge in [-0.15, -0.1) is 11.3 Å². The first-order valence-electron chi connectivity index (χ1n) is 8.94. The molecule has 0 radical (unpaired) electrons. The van der Waals surface area contributed by atoms with Gasteiger partial charge in [-0.2, -0.15) is 12.7 Å². The van der Waals surface area contributed by atoms with E-state index in [1.807, 2.05) is 0 Å². The Hall–Kier alpha value is -3.23. The molecule has 31 heavy (non-hydrogen) atoms. The van der Waals surface area contributed by atoms with E-state index in [0.717, 1.165) is 33.4 Å². The van der Waals surface area contributed by atoms with Crippen molar-refractivity contribution >= 4 is 61.4 Å². The van der Waals surface area contributed by atoms with E-state index in [1.54, 1.807) is 29.6 Å². The van der Waals surface area contributed by atoms with Gasteiger partial charge in [0.05, 0.1) is 0 Å². The van der Waals surface area contributed by atoms with Crippen LogP contribution >= 0.6 is 11.3 Å². The fourth-order valence-electron chi connectivity index (χ4n) is 3.47. The van der Waals surface area contributed by atoms with Gasteiger partial charge in [0, 0.05) is 30.8 Å². The van der Waals surface area contributed by atoms with Crippen LogP contribution in [-0.2, 0) is 24.6 Å². The van der Waals surface area contributed by atoms with Crippen molar-refractivity contribution in [2.75, 3.05) is 18.0 Å². The summed E-state index contributed by atoms with van der Waals surface area (Å²) in [4.78, 5) is 51.6. The van der Waals surface area contributed by atoms with E-state index >= 15 is 0 Å². The molecule has 2 saturated heterocycles. The smallest absolute Gasteiger partial charge is 0.365 e. The van der Waals surface area contributed by atoms with Crippen molar-refractivity contribution in [3.63, 3.8) is 0 Å². The number of amides is 5. The second-order valence-corrected chi connectivity index (χ2v) is 8.87. The summed E-state index contributed by atoms with van der Waals surface area (Å²) in [5.41, 5.74) is 0. The number of hydrogen-bond acceptors (Lipinski definition) is 8. The maximum atomic E-state index is 13.3. The molecular weight excluding hydrogens is 452 g/mol. The summed E-state index contributed by atoms with van der Waals surface area (Å²) in [6.45, 7) is 1.22. The standard InChI is InChI=1S/C17H16N4O8S2/c1-9(22)29-14-12(13(23)21(14)31(26,27)28)20(17(25)19-7-6-18-16(19)24)15-11-5-3-2-4-10(11)8-30-15/h2-5,8,12,14H,6-7H2,1H3,(H,18,24)(H,26,27,28)/t12-,14+/m1/s1. The van der Waals surface area contributed by atoms with Crippen LogP contribution in [0.3, 0.4) is 0 Å². The minimum Gasteiger partial charge on any atom is -0.438 e. The topological polar surface area (TPSA) is 154 Å². The number of rotatable bonds is 4. The lowest BCUT2D eigenvalue weighted by molar-refractivity contribution is -0.174. The molecule has 164 valence electrons. The third-order valence-electron chi connectivity index (χ3n) is 4.79. The average molecular weight is 468 g/mol. The average Bonchev–Trinajstić information content (AvgIpc) is 3.29. The van der Waals surface area contributed by atoms with Crippen LogP contribution in [0.2, 0.25) is 0 Å². The number of thiophene rings is 1. The number of benzene rings is 1. The first-order chi connectivity index (χ1) is 14.6. The highest BCUT2D eigenvalue weighted by Gasteiger charge is 2.61. The molecule has 0 unspecified atom stereocenters. The van der Waals surface area contributed by atoms with Gasteiger partial charge < -0.3 is 10.1 Å². The number of β-lactam (4-membered cyclic amide) rings is 1. The number of carbonyl (C=O) groups excluding carboxylic acids is 4. The number of urea groups is 2. The van der Waals surface area contributed by atoms with Gasteiger partial charge in [0.25, 0.3) is 5.91 Å². The molecule has 2 fully saturated rings. The molecule has 0 spiro atoms. The molecule has 1 aromatic carbocycles. The number of fused-ring (bicyclic) bond motifs is 1. The maximum absolute atomic E-state index is 13.3. The van der Waals surface area contributed by atoms with E-state index in [4.69, 9.17) is 4.74 Å². The fourth-order valence-corrected chi connectivity index (χ4v) is 5.29. The number of carbonyl (C=O) groups is 4. The van der Waals surface area contributed by atoms with Gasteiger partial charge in [-0.05, 0) is 5.39 Å². The minimum atomic E-state index is -5.06. The van der Waals surface area contributed by atoms with Crippen LogP contribution in [0.25, 0.3) is 10.8 Å². The Morgan fingerprint density at radius 1 is 1.29 bits per heavy atom. The van der Waals surface area contributed by atoms with Gasteiger partial charge >= 0.3 is 28.3 Å². The monoisotopic (exact) mass is 468 g/mol. The highest BCUT2D eigenvalue weighted by atomic mass is 32.2. The third-order valence-corrected chi connectivity index (χ3v) is 6.68. The quantitative estimate of drug-likeness (QED) is 0.379. The number of esters is 1. The highest BCUT2D eigenvalue weighted by molar-refractivity contribution is 7.84. The Morgan fingerprint density at radius 3 is 2.61 bits per heavy atom. The van der Waals surface area contributed by atoms with E-state index in [-0.39, 0.29) is 22.4 Å². The highest BCUT2D eigenvalue weighted by Crippen LogP contribution is 2.40. The zero-order chi connectivity index (χ0) is 22.5. The number of ether oxygens (including phenoxy) is 1. The first-order valence-corrected chi connectivity index (χ1v) is 11.2. The fraction of sp³-hybridized carbons (Fsp3) is 0.294. The number of nitrogens with one attached hydrogen (secondary N) is 1. The lowest BCUT2D eigenvalue weighted by Crippen LogP contribution is -2.74. The van der Waals surface area contributed by atoms with Crippen LogP contribution in [0.5, 0.6) is 0 Å². The molecule has 0 saturated carbocycles. The molecule has 3 heterocycles. The Morgan fingerprint density at radius 2 is 2.00 bits per heavy atom. The van der Waals surface area contributed by atoms with Gasteiger partial charge in [-0.3, -0.25) is 19.0 Å². The lowest BCUT2D eigenvalue weighted by atomic mass is 10.1. The summed E-state index contributed by atoms with van der Waals surface area (Å²) in [5, 5.41) is 5.77. The number of hydrogen-bond donors (Lipinski definition) is 2. The number of anilines is 1. The minimum absolute atomic E-state index is 0.0147. The summed E-state index contributed by atoms with van der Waals surface area (Å²) in [5.74, 6) is -2.11. The first kappa shape index (κ1) is 21.0. The molecule has 2 aliphatic heterocycles. The third kappa shape index (κ3) is 3.47. The van der Waals surface area contributed by atoms with Gasteiger partial charge in [-0.1, -0.05) is 24.3 Å². The van der Waals surface area contributed by atoms with Gasteiger partial charge in [-0.25, -0.2) is 14.5 Å². The van der Waals surface area contributed by atoms with Crippen molar-refractivity contribution in [2.24, 2.45) is 0 Å². The van der Waals surface area contributed by atoms with Crippen molar-refractivity contribution < 1.29 is 36.9 Å². The maximum Gasteiger partial charge on any atom is 0.365 e. The van der Waals surface area contributed by atoms with Crippen molar-refractivity contribution in [1.29, 1.82) is 0 Å². The summed E-state index contributed by atoms with van der Waals surface area (Å²) in [7, 11) is -5.06. The number of imide groups is 1. The SMILES string of the molecule is CC(=O)O[C@H]1[C@H](N(C(=O)N2CCNC2=O)c2scc3ccccc23)C(=O)N1S(=O)(=O)O. The van der Waals surface area contributed by atoms with Crippen LogP contribution in [0.15, 0.2) is 29.6 Å². The van der Waals surface area contributed by atoms with Crippen molar-refractivity contribution in [2.45, 2.75) is 19.2 Å². The van der Waals surface area contributed by atoms with Crippen molar-refractivity contribution in [3.05, 3.63) is 29.6 Å². The zero-order valence-corrected chi connectivity index (χ0v) is 17.6. The molecule has 4 rings (SSSR count). The molecule has 1 aromatic heterocycles. The molecule has 5 amide bonds. The van der Waals surface area contributed by atoms with Gasteiger partial charge in [0.1, 0.15) is 5.00 Å². The molecule has 14 heteroatoms. The van der Waals surface area contributed by atoms with Crippen LogP contribution in [0.1, 0.15) is 6.92 Å². The summed E-state index contributed by atoms with van der Waals surface area (Å²) in [6.07, 6.45) is -1.80. The van der Waals surface area contributed by atoms with Crippen LogP contribution in [0.4, 0.5) is 14.6 Å². The predicted molar refractivity (Wildman–Crippen MR) is 108 cm³/mol. The Balaban J connectivity index is 1.84. The van der Waals surface area contributed by atoms with Gasteiger partial charge in [0.15, 0.2) is 6.04 Å². The number of nitrogens with zero attached hydrogens (tertiary/aromatic N) is 3. The molecule has 2 atom stereocenters. The van der Waals surface area contributed by atoms with Crippen LogP contribution < -0.4 is 10.2 Å². The Kier molecular flexibility index (Phi) is 5.07. The van der Waals surface area contributed by atoms with E-state index in [2.05, 4.69) is 5.32 Å². The van der Waals surface area contributed by atoms with Crippen LogP contribution in [-0.4, -0.2) is 71.5 Å². The molecule has 12 nitrogen and oxygen atoms in total. The van der Waals surface area contributed by atoms with Gasteiger partial charge in [0.2, 0.25) is 6.23 Å². The molecule has 2 aliphatic rings. The summed E-state index contributed by atoms with van der Waals surface area (Å²) >= 11 is 1.09. The largest absolute Gasteiger partial charge is 0.438 e. The second-order valence-electron chi connectivity index (χ2n) is 6.72. The second kappa shape index (κ2) is 7.47. The van der Waals surface area contributed by atoms with E-state index in [9.17, 15) is 32.1 Å². The molecule has 2 N–H and O–H groups in total. The molecule has 0 aliphatic carbocycles. The Labute approximate surface area is 179 Å². The predicted octanol–water partition coefficient (Wildman–Crippen LogP) is 0.756. The Bertz CT molecular complexity index is 1210. The molecule has 0 bridgehead atoms. The van der Waals surface area contributed by atoms with Crippen molar-refractivity contribution in [1.82, 2.24) is 14.5 Å².